The topological polar surface area (TPSA) is 90.9 Å². The van der Waals surface area contributed by atoms with E-state index in [0.29, 0.717) is 4.70 Å². The first kappa shape index (κ1) is 34.0. The minimum absolute atomic E-state index is 0.0426. The van der Waals surface area contributed by atoms with Crippen LogP contribution in [0.5, 0.6) is 11.5 Å². The van der Waals surface area contributed by atoms with Crippen molar-refractivity contribution < 1.29 is 54.5 Å². The van der Waals surface area contributed by atoms with Crippen molar-refractivity contribution in [2.75, 3.05) is 6.61 Å². The van der Waals surface area contributed by atoms with Gasteiger partial charge in [-0.2, -0.15) is 8.78 Å². The number of para-hydroxylation sites is 1. The fourth-order valence-corrected chi connectivity index (χ4v) is 6.66. The van der Waals surface area contributed by atoms with Gasteiger partial charge in [0.15, 0.2) is 0 Å². The van der Waals surface area contributed by atoms with Gasteiger partial charge in [-0.15, -0.1) is 11.3 Å². The Hall–Kier alpha value is -3.87. The molecule has 4 aromatic rings. The normalized spacial score (nSPS) is 14.4. The number of benzene rings is 3. The number of hydrogen-bond donors (Lipinski definition) is 1. The van der Waals surface area contributed by atoms with E-state index in [1.54, 1.807) is 18.2 Å². The van der Waals surface area contributed by atoms with Gasteiger partial charge in [-0.05, 0) is 53.6 Å². The molecular weight excluding hydrogens is 647 g/mol. The van der Waals surface area contributed by atoms with Crippen LogP contribution in [-0.2, 0) is 14.1 Å². The number of esters is 2. The summed E-state index contributed by atoms with van der Waals surface area (Å²) < 4.78 is 114. The second kappa shape index (κ2) is 13.2. The molecule has 0 spiro atoms. The summed E-state index contributed by atoms with van der Waals surface area (Å²) in [6.07, 6.45) is 0. The second-order valence-electron chi connectivity index (χ2n) is 11.1. The number of halogens is 6. The molecule has 0 aliphatic carbocycles. The van der Waals surface area contributed by atoms with Crippen LogP contribution in [0.2, 0.25) is 0 Å². The van der Waals surface area contributed by atoms with Gasteiger partial charge in [0.05, 0.1) is 6.61 Å². The fraction of sp³-hybridized carbons (Fsp3) is 0.267. The number of fused-ring (bicyclic) bond motifs is 1. The molecule has 45 heavy (non-hydrogen) atoms. The minimum atomic E-state index is -4.58. The SMILES string of the molecule is C[C@H](N[P@@](=O)(Oc1ccccc1)C(F)c1ccc2sc(C(=O)Oc3c(F)c(F)c(F)c(F)c3F)cc2c1)C(=O)OCC(C)(C)C. The van der Waals surface area contributed by atoms with Crippen LogP contribution in [0, 0.1) is 34.5 Å². The van der Waals surface area contributed by atoms with Gasteiger partial charge in [0.25, 0.3) is 0 Å². The van der Waals surface area contributed by atoms with Gasteiger partial charge in [0, 0.05) is 4.70 Å². The van der Waals surface area contributed by atoms with Crippen LogP contribution in [0.15, 0.2) is 54.6 Å². The van der Waals surface area contributed by atoms with Crippen molar-refractivity contribution in [3.8, 4) is 11.5 Å². The average molecular weight is 674 g/mol. The average Bonchev–Trinajstić information content (AvgIpc) is 3.43. The third-order valence-electron chi connectivity index (χ3n) is 6.04. The molecule has 7 nitrogen and oxygen atoms in total. The molecule has 3 aromatic carbocycles. The standard InChI is InChI=1S/C30H26F6NO6PS/c1-15(28(38)41-14-30(2,3)4)37-44(40,43-18-8-6-5-7-9-18)27(36)16-10-11-19-17(12-16)13-20(45-19)29(39)42-26-24(34)22(32)21(31)23(33)25(26)35/h5-13,15,27H,14H2,1-4H3,(H,37,40)/t15-,27?,44-/m0/s1. The largest absolute Gasteiger partial charge is 0.464 e. The fourth-order valence-electron chi connectivity index (χ4n) is 3.84. The van der Waals surface area contributed by atoms with Gasteiger partial charge in [0.1, 0.15) is 16.7 Å². The molecular formula is C30H26F6NO6PS. The highest BCUT2D eigenvalue weighted by atomic mass is 32.1. The van der Waals surface area contributed by atoms with Crippen molar-refractivity contribution in [3.05, 3.63) is 94.1 Å². The van der Waals surface area contributed by atoms with E-state index >= 15 is 4.39 Å². The summed E-state index contributed by atoms with van der Waals surface area (Å²) >= 11 is 0.720. The predicted octanol–water partition coefficient (Wildman–Crippen LogP) is 8.62. The van der Waals surface area contributed by atoms with E-state index in [-0.39, 0.29) is 33.6 Å². The molecule has 0 saturated carbocycles. The van der Waals surface area contributed by atoms with E-state index in [2.05, 4.69) is 9.82 Å². The van der Waals surface area contributed by atoms with Crippen molar-refractivity contribution in [1.82, 2.24) is 5.09 Å². The van der Waals surface area contributed by atoms with E-state index in [4.69, 9.17) is 9.26 Å². The van der Waals surface area contributed by atoms with Gasteiger partial charge < -0.3 is 14.0 Å². The number of carbonyl (C=O) groups is 2. The van der Waals surface area contributed by atoms with Crippen LogP contribution < -0.4 is 14.3 Å². The molecule has 0 fully saturated rings. The maximum absolute atomic E-state index is 16.2. The van der Waals surface area contributed by atoms with Crippen LogP contribution >= 0.6 is 18.9 Å². The monoisotopic (exact) mass is 673 g/mol. The first-order valence-electron chi connectivity index (χ1n) is 13.2. The molecule has 1 aromatic heterocycles. The van der Waals surface area contributed by atoms with Gasteiger partial charge in [-0.3, -0.25) is 9.36 Å². The Labute approximate surface area is 257 Å². The molecule has 4 rings (SSSR count). The summed E-state index contributed by atoms with van der Waals surface area (Å²) in [6.45, 7) is 6.89. The van der Waals surface area contributed by atoms with Crippen LogP contribution in [-0.4, -0.2) is 24.6 Å². The molecule has 0 saturated heterocycles. The lowest BCUT2D eigenvalue weighted by molar-refractivity contribution is -0.148. The molecule has 3 atom stereocenters. The third-order valence-corrected chi connectivity index (χ3v) is 9.26. The third kappa shape index (κ3) is 7.69. The minimum Gasteiger partial charge on any atom is -0.464 e. The van der Waals surface area contributed by atoms with Gasteiger partial charge >= 0.3 is 19.5 Å². The summed E-state index contributed by atoms with van der Waals surface area (Å²) in [5.41, 5.74) is -0.556. The highest BCUT2D eigenvalue weighted by Gasteiger charge is 2.41. The molecule has 1 heterocycles. The first-order chi connectivity index (χ1) is 21.0. The first-order valence-corrected chi connectivity index (χ1v) is 15.7. The van der Waals surface area contributed by atoms with Crippen molar-refractivity contribution in [2.24, 2.45) is 5.41 Å². The van der Waals surface area contributed by atoms with Gasteiger partial charge in [-0.1, -0.05) is 45.0 Å². The molecule has 0 bridgehead atoms. The maximum atomic E-state index is 16.2. The molecule has 240 valence electrons. The van der Waals surface area contributed by atoms with Crippen LogP contribution in [0.3, 0.4) is 0 Å². The number of alkyl halides is 1. The molecule has 1 unspecified atom stereocenters. The number of nitrogens with one attached hydrogen (secondary N) is 1. The Morgan fingerprint density at radius 2 is 1.51 bits per heavy atom. The number of carbonyl (C=O) groups excluding carboxylic acids is 2. The van der Waals surface area contributed by atoms with Crippen LogP contribution in [0.25, 0.3) is 10.1 Å². The number of thiophene rings is 1. The van der Waals surface area contributed by atoms with Crippen molar-refractivity contribution in [3.63, 3.8) is 0 Å². The number of rotatable bonds is 10. The highest BCUT2D eigenvalue weighted by molar-refractivity contribution is 7.57. The molecule has 0 radical (unpaired) electrons. The molecule has 1 N–H and O–H groups in total. The maximum Gasteiger partial charge on any atom is 0.355 e. The quantitative estimate of drug-likeness (QED) is 0.0450. The van der Waals surface area contributed by atoms with E-state index in [0.717, 1.165) is 17.4 Å². The Bertz CT molecular complexity index is 1770. The molecule has 0 aliphatic heterocycles. The zero-order valence-electron chi connectivity index (χ0n) is 24.1. The zero-order chi connectivity index (χ0) is 33.3. The zero-order valence-corrected chi connectivity index (χ0v) is 25.8. The summed E-state index contributed by atoms with van der Waals surface area (Å²) in [5.74, 6) is -18.0. The van der Waals surface area contributed by atoms with Crippen molar-refractivity contribution in [1.29, 1.82) is 0 Å². The van der Waals surface area contributed by atoms with Crippen LogP contribution in [0.1, 0.15) is 48.8 Å². The highest BCUT2D eigenvalue weighted by Crippen LogP contribution is 2.58. The molecule has 0 amide bonds. The lowest BCUT2D eigenvalue weighted by Gasteiger charge is -2.27. The smallest absolute Gasteiger partial charge is 0.355 e. The number of hydrogen-bond acceptors (Lipinski definition) is 7. The Morgan fingerprint density at radius 3 is 2.11 bits per heavy atom. The van der Waals surface area contributed by atoms with Crippen molar-refractivity contribution in [2.45, 2.75) is 39.6 Å². The van der Waals surface area contributed by atoms with E-state index < -0.39 is 66.2 Å². The van der Waals surface area contributed by atoms with E-state index in [1.165, 1.54) is 37.3 Å². The Morgan fingerprint density at radius 1 is 0.911 bits per heavy atom. The second-order valence-corrected chi connectivity index (χ2v) is 14.2. The predicted molar refractivity (Wildman–Crippen MR) is 155 cm³/mol. The van der Waals surface area contributed by atoms with E-state index in [9.17, 15) is 36.1 Å². The number of ether oxygens (including phenoxy) is 2. The Kier molecular flexibility index (Phi) is 10.0. The van der Waals surface area contributed by atoms with Crippen LogP contribution in [0.4, 0.5) is 26.3 Å². The van der Waals surface area contributed by atoms with E-state index in [1.807, 2.05) is 20.8 Å². The summed E-state index contributed by atoms with van der Waals surface area (Å²) in [7, 11) is -4.58. The molecule has 0 aliphatic rings. The summed E-state index contributed by atoms with van der Waals surface area (Å²) in [6, 6.07) is 11.4. The van der Waals surface area contributed by atoms with Gasteiger partial charge in [-0.25, -0.2) is 27.4 Å². The van der Waals surface area contributed by atoms with Gasteiger partial charge in [0.2, 0.25) is 40.7 Å². The molecule has 15 heteroatoms. The lowest BCUT2D eigenvalue weighted by Crippen LogP contribution is -2.36. The van der Waals surface area contributed by atoms with Crippen molar-refractivity contribution >= 4 is 40.9 Å². The summed E-state index contributed by atoms with van der Waals surface area (Å²) in [4.78, 5) is 24.9. The summed E-state index contributed by atoms with van der Waals surface area (Å²) in [5, 5.41) is 2.64. The lowest BCUT2D eigenvalue weighted by atomic mass is 9.99. The Balaban J connectivity index is 1.62.